The lowest BCUT2D eigenvalue weighted by molar-refractivity contribution is -0.138. The first-order valence-electron chi connectivity index (χ1n) is 29.7. The highest BCUT2D eigenvalue weighted by Gasteiger charge is 2.23. The molecule has 0 aliphatic carbocycles. The van der Waals surface area contributed by atoms with Crippen molar-refractivity contribution in [1.29, 1.82) is 0 Å². The van der Waals surface area contributed by atoms with Crippen molar-refractivity contribution in [2.75, 3.05) is 118 Å². The van der Waals surface area contributed by atoms with Gasteiger partial charge in [-0.1, -0.05) is 115 Å². The molecule has 6 aromatic rings. The van der Waals surface area contributed by atoms with Gasteiger partial charge in [-0.05, 0) is 73.4 Å². The zero-order valence-corrected chi connectivity index (χ0v) is 50.5. The van der Waals surface area contributed by atoms with E-state index in [0.29, 0.717) is 97.5 Å². The summed E-state index contributed by atoms with van der Waals surface area (Å²) in [7, 11) is 0. The van der Waals surface area contributed by atoms with Gasteiger partial charge in [0.1, 0.15) is 37.1 Å². The van der Waals surface area contributed by atoms with E-state index in [1.165, 1.54) is 0 Å². The Kier molecular flexibility index (Phi) is 26.8. The van der Waals surface area contributed by atoms with Crippen molar-refractivity contribution in [3.05, 3.63) is 196 Å². The monoisotopic (exact) mass is 1200 g/mol. The van der Waals surface area contributed by atoms with Crippen LogP contribution >= 0.6 is 0 Å². The third-order valence-corrected chi connectivity index (χ3v) is 14.8. The van der Waals surface area contributed by atoms with Crippen LogP contribution in [-0.2, 0) is 39.0 Å². The average Bonchev–Trinajstić information content (AvgIpc) is 3.46. The summed E-state index contributed by atoms with van der Waals surface area (Å²) in [5.74, 6) is -1.28. The summed E-state index contributed by atoms with van der Waals surface area (Å²) in [6, 6.07) is 45.1. The number of carbonyl (C=O) groups is 7. The second-order valence-electron chi connectivity index (χ2n) is 21.4. The van der Waals surface area contributed by atoms with E-state index >= 15 is 0 Å². The molecule has 6 aromatic carbocycles. The summed E-state index contributed by atoms with van der Waals surface area (Å²) < 4.78 is 18.2. The van der Waals surface area contributed by atoms with Crippen LogP contribution < -0.4 is 46.1 Å². The van der Waals surface area contributed by atoms with Crippen LogP contribution in [0.4, 0.5) is 0 Å². The number of amides is 6. The second-order valence-corrected chi connectivity index (χ2v) is 21.4. The highest BCUT2D eigenvalue weighted by molar-refractivity contribution is 5.98. The molecule has 0 saturated carbocycles. The number of hydrogen-bond donors (Lipinski definition) is 7. The first kappa shape index (κ1) is 66.4. The fraction of sp³-hybridized carbons (Fsp3) is 0.358. The molecular weight excluding hydrogens is 1120 g/mol. The maximum Gasteiger partial charge on any atom is 0.317 e. The van der Waals surface area contributed by atoms with Crippen LogP contribution in [0.25, 0.3) is 0 Å². The Labute approximate surface area is 515 Å². The zero-order valence-electron chi connectivity index (χ0n) is 50.5. The van der Waals surface area contributed by atoms with Crippen molar-refractivity contribution in [1.82, 2.24) is 51.5 Å². The molecule has 0 radical (unpaired) electrons. The quantitative estimate of drug-likeness (QED) is 0.0317. The number of benzene rings is 6. The molecule has 7 rings (SSSR count). The number of nitrogens with zero attached hydrogens (tertiary/aromatic N) is 4. The summed E-state index contributed by atoms with van der Waals surface area (Å²) in [6.07, 6.45) is 0. The molecule has 466 valence electrons. The molecule has 21 heteroatoms. The van der Waals surface area contributed by atoms with E-state index in [2.05, 4.69) is 31.9 Å². The number of aryl methyl sites for hydroxylation is 1. The molecule has 21 nitrogen and oxygen atoms in total. The number of carboxylic acid groups (broad SMARTS) is 1. The topological polar surface area (TPSA) is 253 Å². The number of nitrogens with one attached hydrogen (secondary N) is 6. The summed E-state index contributed by atoms with van der Waals surface area (Å²) in [4.78, 5) is 101. The van der Waals surface area contributed by atoms with Gasteiger partial charge >= 0.3 is 5.97 Å². The Morgan fingerprint density at radius 3 is 1.03 bits per heavy atom. The van der Waals surface area contributed by atoms with Crippen LogP contribution in [0.2, 0.25) is 0 Å². The Hall–Kier alpha value is -9.15. The van der Waals surface area contributed by atoms with E-state index in [-0.39, 0.29) is 121 Å². The first-order chi connectivity index (χ1) is 42.7. The Morgan fingerprint density at radius 1 is 0.364 bits per heavy atom. The fourth-order valence-corrected chi connectivity index (χ4v) is 9.86. The minimum absolute atomic E-state index is 0.0417. The molecule has 0 atom stereocenters. The van der Waals surface area contributed by atoms with Gasteiger partial charge in [-0.3, -0.25) is 53.2 Å². The molecule has 0 aromatic heterocycles. The first-order valence-corrected chi connectivity index (χ1v) is 29.7. The fourth-order valence-electron chi connectivity index (χ4n) is 9.86. The molecule has 1 heterocycles. The van der Waals surface area contributed by atoms with Crippen molar-refractivity contribution >= 4 is 41.4 Å². The van der Waals surface area contributed by atoms with Gasteiger partial charge in [0.2, 0.25) is 17.7 Å². The van der Waals surface area contributed by atoms with Crippen molar-refractivity contribution < 1.29 is 52.9 Å². The summed E-state index contributed by atoms with van der Waals surface area (Å²) in [5.41, 5.74) is 6.41. The number of hydrogen-bond acceptors (Lipinski definition) is 14. The third-order valence-electron chi connectivity index (χ3n) is 14.8. The van der Waals surface area contributed by atoms with Crippen LogP contribution in [-0.4, -0.2) is 184 Å². The number of rotatable bonds is 29. The minimum Gasteiger partial charge on any atom is -0.489 e. The molecule has 0 bridgehead atoms. The average molecular weight is 1200 g/mol. The van der Waals surface area contributed by atoms with E-state index in [9.17, 15) is 38.7 Å². The lowest BCUT2D eigenvalue weighted by atomic mass is 10.1. The smallest absolute Gasteiger partial charge is 0.317 e. The number of para-hydroxylation sites is 1. The van der Waals surface area contributed by atoms with Gasteiger partial charge in [-0.15, -0.1) is 0 Å². The molecule has 0 unspecified atom stereocenters. The van der Waals surface area contributed by atoms with Gasteiger partial charge in [-0.25, -0.2) is 0 Å². The molecule has 1 aliphatic heterocycles. The number of carboxylic acids is 1. The minimum atomic E-state index is -1.03. The van der Waals surface area contributed by atoms with Gasteiger partial charge in [0, 0.05) is 114 Å². The largest absolute Gasteiger partial charge is 0.489 e. The van der Waals surface area contributed by atoms with Crippen LogP contribution in [0, 0.1) is 20.8 Å². The Bertz CT molecular complexity index is 3250. The molecule has 7 N–H and O–H groups in total. The molecule has 1 saturated heterocycles. The van der Waals surface area contributed by atoms with Crippen LogP contribution in [0.3, 0.4) is 0 Å². The zero-order chi connectivity index (χ0) is 62.5. The SMILES string of the molecule is Cc1cccc(C(=O)NCCNC(=O)CN2CCN(CC(=O)O)CCN(CC(=O)NCCNC(=O)c3cccc(OCc4ccccc4)c3C)CCN(CC(=O)NCCNC(=O)c3cccc(OCc4ccccc4)c3C)CC2)c1OCc1ccccc1. The van der Waals surface area contributed by atoms with Crippen LogP contribution in [0.15, 0.2) is 146 Å². The molecule has 6 amide bonds. The van der Waals surface area contributed by atoms with Gasteiger partial charge in [0.15, 0.2) is 0 Å². The van der Waals surface area contributed by atoms with Gasteiger partial charge in [0.25, 0.3) is 17.7 Å². The van der Waals surface area contributed by atoms with Crippen molar-refractivity contribution in [3.8, 4) is 17.2 Å². The maximum absolute atomic E-state index is 13.7. The lowest BCUT2D eigenvalue weighted by Gasteiger charge is -2.33. The highest BCUT2D eigenvalue weighted by atomic mass is 16.5. The predicted molar refractivity (Wildman–Crippen MR) is 335 cm³/mol. The predicted octanol–water partition coefficient (Wildman–Crippen LogP) is 4.59. The molecule has 88 heavy (non-hydrogen) atoms. The lowest BCUT2D eigenvalue weighted by Crippen LogP contribution is -2.51. The summed E-state index contributed by atoms with van der Waals surface area (Å²) in [5, 5.41) is 27.3. The maximum atomic E-state index is 13.7. The standard InChI is InChI=1S/C67H82N10O11/c1-49-16-13-25-57(64(49)88-48-54-21-11-6-12-22-54)67(85)73-33-30-70-62(80)44-76-37-35-74(42-60(78)68-28-31-71-65(83)55-23-14-26-58(50(55)2)86-46-52-17-7-4-8-18-52)34-36-75(38-40-77(41-39-76)45-63(81)82)43-61(79)69-29-32-72-66(84)56-24-15-27-59(51(56)3)87-47-53-19-9-5-10-20-53/h4-27H,28-48H2,1-3H3,(H,68,78)(H,69,79)(H,70,80)(H,71,83)(H,72,84)(H,73,85)(H,81,82). The molecule has 1 aliphatic rings. The second kappa shape index (κ2) is 35.5. The Morgan fingerprint density at radius 2 is 0.670 bits per heavy atom. The van der Waals surface area contributed by atoms with Crippen molar-refractivity contribution in [3.63, 3.8) is 0 Å². The summed E-state index contributed by atoms with van der Waals surface area (Å²) in [6.45, 7) is 9.39. The molecule has 1 fully saturated rings. The van der Waals surface area contributed by atoms with E-state index in [1.807, 2.05) is 145 Å². The van der Waals surface area contributed by atoms with Crippen molar-refractivity contribution in [2.45, 2.75) is 40.6 Å². The van der Waals surface area contributed by atoms with E-state index in [1.54, 1.807) is 41.3 Å². The van der Waals surface area contributed by atoms with Gasteiger partial charge < -0.3 is 51.2 Å². The van der Waals surface area contributed by atoms with E-state index in [4.69, 9.17) is 14.2 Å². The number of aliphatic carboxylic acids is 1. The molecular formula is C67H82N10O11. The van der Waals surface area contributed by atoms with E-state index < -0.39 is 5.97 Å². The Balaban J connectivity index is 0.936. The normalized spacial score (nSPS) is 13.6. The summed E-state index contributed by atoms with van der Waals surface area (Å²) >= 11 is 0. The highest BCUT2D eigenvalue weighted by Crippen LogP contribution is 2.26. The van der Waals surface area contributed by atoms with E-state index in [0.717, 1.165) is 22.3 Å². The van der Waals surface area contributed by atoms with Gasteiger partial charge in [-0.2, -0.15) is 0 Å². The number of carbonyl (C=O) groups excluding carboxylic acids is 6. The van der Waals surface area contributed by atoms with Gasteiger partial charge in [0.05, 0.1) is 31.7 Å². The number of ether oxygens (including phenoxy) is 3. The van der Waals surface area contributed by atoms with Crippen LogP contribution in [0.1, 0.15) is 64.5 Å². The third kappa shape index (κ3) is 22.3. The van der Waals surface area contributed by atoms with Crippen molar-refractivity contribution in [2.24, 2.45) is 0 Å². The molecule has 0 spiro atoms. The van der Waals surface area contributed by atoms with Crippen LogP contribution in [0.5, 0.6) is 17.2 Å².